The summed E-state index contributed by atoms with van der Waals surface area (Å²) in [5.74, 6) is 1.48. The molecule has 7 heteroatoms. The highest BCUT2D eigenvalue weighted by molar-refractivity contribution is 7.98. The normalized spacial score (nSPS) is 18.7. The van der Waals surface area contributed by atoms with Gasteiger partial charge in [-0.1, -0.05) is 68.1 Å². The molecule has 0 saturated heterocycles. The third-order valence-electron chi connectivity index (χ3n) is 6.35. The Labute approximate surface area is 202 Å². The summed E-state index contributed by atoms with van der Waals surface area (Å²) in [6.07, 6.45) is 1.16. The Morgan fingerprint density at radius 1 is 1.09 bits per heavy atom. The number of rotatable bonds is 5. The van der Waals surface area contributed by atoms with Crippen molar-refractivity contribution >= 4 is 23.4 Å². The van der Waals surface area contributed by atoms with Crippen molar-refractivity contribution < 1.29 is 9.53 Å². The van der Waals surface area contributed by atoms with Gasteiger partial charge in [-0.2, -0.15) is 0 Å². The zero-order valence-corrected chi connectivity index (χ0v) is 20.3. The highest BCUT2D eigenvalue weighted by atomic mass is 32.2. The van der Waals surface area contributed by atoms with E-state index in [1.54, 1.807) is 7.11 Å². The van der Waals surface area contributed by atoms with Crippen molar-refractivity contribution in [1.29, 1.82) is 0 Å². The molecule has 1 aromatic heterocycles. The van der Waals surface area contributed by atoms with Crippen LogP contribution in [0.5, 0.6) is 5.75 Å². The average molecular weight is 474 g/mol. The van der Waals surface area contributed by atoms with Gasteiger partial charge in [0.1, 0.15) is 11.6 Å². The van der Waals surface area contributed by atoms with Crippen molar-refractivity contribution in [2.75, 3.05) is 12.4 Å². The number of anilines is 1. The number of H-pyrrole nitrogens is 1. The molecule has 5 rings (SSSR count). The molecule has 0 fully saturated rings. The first kappa shape index (κ1) is 22.5. The Bertz CT molecular complexity index is 1340. The number of carbonyl (C=O) groups is 1. The second-order valence-corrected chi connectivity index (χ2v) is 10.5. The van der Waals surface area contributed by atoms with Crippen LogP contribution in [0.3, 0.4) is 0 Å². The third-order valence-corrected chi connectivity index (χ3v) is 7.29. The zero-order valence-electron chi connectivity index (χ0n) is 19.5. The maximum atomic E-state index is 13.4. The molecular weight excluding hydrogens is 446 g/mol. The van der Waals surface area contributed by atoms with Crippen LogP contribution in [0.1, 0.15) is 49.3 Å². The van der Waals surface area contributed by atoms with Crippen LogP contribution in [0, 0.1) is 5.41 Å². The number of methoxy groups -OCH3 is 1. The summed E-state index contributed by atoms with van der Waals surface area (Å²) in [5.41, 5.74) is 3.61. The van der Waals surface area contributed by atoms with E-state index >= 15 is 0 Å². The van der Waals surface area contributed by atoms with E-state index in [4.69, 9.17) is 9.72 Å². The minimum atomic E-state index is -0.491. The number of fused-ring (bicyclic) bond motifs is 1. The molecule has 1 aliphatic heterocycles. The van der Waals surface area contributed by atoms with Crippen molar-refractivity contribution in [3.63, 3.8) is 0 Å². The van der Waals surface area contributed by atoms with Crippen molar-refractivity contribution in [3.05, 3.63) is 92.9 Å². The fourth-order valence-electron chi connectivity index (χ4n) is 4.84. The number of allylic oxidation sites excluding steroid dienone is 2. The fourth-order valence-corrected chi connectivity index (χ4v) is 5.66. The van der Waals surface area contributed by atoms with Gasteiger partial charge in [-0.25, -0.2) is 4.98 Å². The number of benzene rings is 2. The quantitative estimate of drug-likeness (QED) is 0.388. The number of nitrogens with zero attached hydrogens (tertiary/aromatic N) is 1. The Hall–Kier alpha value is -3.32. The molecule has 0 saturated carbocycles. The predicted octanol–water partition coefficient (Wildman–Crippen LogP) is 5.27. The molecule has 2 N–H and O–H groups in total. The molecule has 1 atom stereocenters. The standard InChI is InChI=1S/C27H27N3O3S/c1-27(2)13-19-22(20(31)14-27)21(17-10-7-11-18(12-17)33-3)23-24(28-19)29-26(30-25(23)32)34-15-16-8-5-4-6-9-16/h4-12,21H,13-15H2,1-3H3,(H2,28,29,30,32)/t21-/m0/s1. The number of ether oxygens (including phenoxy) is 1. The van der Waals surface area contributed by atoms with Gasteiger partial charge in [0.25, 0.3) is 5.56 Å². The second kappa shape index (κ2) is 8.80. The van der Waals surface area contributed by atoms with Gasteiger partial charge < -0.3 is 15.0 Å². The number of carbonyl (C=O) groups excluding carboxylic acids is 1. The van der Waals surface area contributed by atoms with Gasteiger partial charge in [0.05, 0.1) is 12.7 Å². The summed E-state index contributed by atoms with van der Waals surface area (Å²) < 4.78 is 5.43. The van der Waals surface area contributed by atoms with Crippen molar-refractivity contribution in [1.82, 2.24) is 9.97 Å². The molecule has 6 nitrogen and oxygen atoms in total. The fraction of sp³-hybridized carbons (Fsp3) is 0.296. The smallest absolute Gasteiger partial charge is 0.257 e. The number of hydrogen-bond acceptors (Lipinski definition) is 6. The summed E-state index contributed by atoms with van der Waals surface area (Å²) in [6, 6.07) is 17.7. The lowest BCUT2D eigenvalue weighted by atomic mass is 9.69. The van der Waals surface area contributed by atoms with Crippen LogP contribution in [-0.2, 0) is 10.5 Å². The molecule has 0 unspecified atom stereocenters. The van der Waals surface area contributed by atoms with Gasteiger partial charge in [0.15, 0.2) is 10.9 Å². The molecule has 2 aliphatic rings. The van der Waals surface area contributed by atoms with Crippen LogP contribution in [-0.4, -0.2) is 22.9 Å². The molecule has 34 heavy (non-hydrogen) atoms. The number of aromatic nitrogens is 2. The minimum absolute atomic E-state index is 0.0687. The van der Waals surface area contributed by atoms with E-state index in [1.165, 1.54) is 11.8 Å². The Kier molecular flexibility index (Phi) is 5.81. The van der Waals surface area contributed by atoms with E-state index in [9.17, 15) is 9.59 Å². The largest absolute Gasteiger partial charge is 0.497 e. The predicted molar refractivity (Wildman–Crippen MR) is 134 cm³/mol. The van der Waals surface area contributed by atoms with Gasteiger partial charge >= 0.3 is 0 Å². The third kappa shape index (κ3) is 4.28. The maximum Gasteiger partial charge on any atom is 0.257 e. The summed E-state index contributed by atoms with van der Waals surface area (Å²) in [6.45, 7) is 4.19. The zero-order chi connectivity index (χ0) is 23.9. The van der Waals surface area contributed by atoms with Gasteiger partial charge in [0, 0.05) is 29.4 Å². The SMILES string of the molecule is COc1cccc([C@H]2C3=C(CC(C)(C)CC3=O)Nc3nc(SCc4ccccc4)[nH]c(=O)c32)c1. The lowest BCUT2D eigenvalue weighted by Crippen LogP contribution is -2.37. The molecule has 174 valence electrons. The van der Waals surface area contributed by atoms with Gasteiger partial charge in [0.2, 0.25) is 0 Å². The number of aromatic amines is 1. The van der Waals surface area contributed by atoms with Crippen molar-refractivity contribution in [3.8, 4) is 5.75 Å². The molecule has 1 aliphatic carbocycles. The summed E-state index contributed by atoms with van der Waals surface area (Å²) in [4.78, 5) is 34.5. The lowest BCUT2D eigenvalue weighted by molar-refractivity contribution is -0.118. The topological polar surface area (TPSA) is 84.1 Å². The van der Waals surface area contributed by atoms with E-state index in [0.29, 0.717) is 40.0 Å². The van der Waals surface area contributed by atoms with Crippen LogP contribution in [0.4, 0.5) is 5.82 Å². The van der Waals surface area contributed by atoms with E-state index in [2.05, 4.69) is 24.1 Å². The number of thioether (sulfide) groups is 1. The summed E-state index contributed by atoms with van der Waals surface area (Å²) in [5, 5.41) is 3.93. The summed E-state index contributed by atoms with van der Waals surface area (Å²) in [7, 11) is 1.61. The molecule has 0 bridgehead atoms. The minimum Gasteiger partial charge on any atom is -0.497 e. The molecule has 2 heterocycles. The van der Waals surface area contributed by atoms with Gasteiger partial charge in [-0.3, -0.25) is 9.59 Å². The molecule has 0 amide bonds. The average Bonchev–Trinajstić information content (AvgIpc) is 2.81. The Morgan fingerprint density at radius 3 is 2.65 bits per heavy atom. The molecular formula is C27H27N3O3S. The lowest BCUT2D eigenvalue weighted by Gasteiger charge is -2.38. The van der Waals surface area contributed by atoms with Crippen LogP contribution < -0.4 is 15.6 Å². The van der Waals surface area contributed by atoms with Gasteiger partial charge in [-0.15, -0.1) is 0 Å². The summed E-state index contributed by atoms with van der Waals surface area (Å²) >= 11 is 1.48. The highest BCUT2D eigenvalue weighted by Crippen LogP contribution is 2.48. The Morgan fingerprint density at radius 2 is 1.88 bits per heavy atom. The molecule has 3 aromatic rings. The molecule has 0 spiro atoms. The van der Waals surface area contributed by atoms with Crippen molar-refractivity contribution in [2.24, 2.45) is 5.41 Å². The number of ketones is 1. The van der Waals surface area contributed by atoms with Crippen LogP contribution in [0.25, 0.3) is 0 Å². The molecule has 0 radical (unpaired) electrons. The number of Topliss-reactive ketones (excluding diaryl/α,β-unsaturated/α-hetero) is 1. The second-order valence-electron chi connectivity index (χ2n) is 9.58. The van der Waals surface area contributed by atoms with Crippen LogP contribution in [0.2, 0.25) is 0 Å². The van der Waals surface area contributed by atoms with E-state index in [1.807, 2.05) is 54.6 Å². The van der Waals surface area contributed by atoms with Crippen LogP contribution >= 0.6 is 11.8 Å². The molecule has 2 aromatic carbocycles. The monoisotopic (exact) mass is 473 g/mol. The Balaban J connectivity index is 1.60. The first-order valence-corrected chi connectivity index (χ1v) is 12.3. The van der Waals surface area contributed by atoms with E-state index in [0.717, 1.165) is 23.2 Å². The maximum absolute atomic E-state index is 13.4. The first-order valence-electron chi connectivity index (χ1n) is 11.3. The van der Waals surface area contributed by atoms with E-state index < -0.39 is 5.92 Å². The number of nitrogens with one attached hydrogen (secondary N) is 2. The van der Waals surface area contributed by atoms with E-state index in [-0.39, 0.29) is 16.8 Å². The van der Waals surface area contributed by atoms with Crippen molar-refractivity contribution in [2.45, 2.75) is 43.5 Å². The highest BCUT2D eigenvalue weighted by Gasteiger charge is 2.42. The van der Waals surface area contributed by atoms with Gasteiger partial charge in [-0.05, 0) is 35.1 Å². The first-order chi connectivity index (χ1) is 16.3. The van der Waals surface area contributed by atoms with Crippen LogP contribution in [0.15, 0.2) is 75.8 Å². The number of hydrogen-bond donors (Lipinski definition) is 2.